The highest BCUT2D eigenvalue weighted by Gasteiger charge is 2.21. The molecule has 0 aliphatic heterocycles. The van der Waals surface area contributed by atoms with Gasteiger partial charge in [-0.2, -0.15) is 0 Å². The van der Waals surface area contributed by atoms with E-state index in [2.05, 4.69) is 11.9 Å². The summed E-state index contributed by atoms with van der Waals surface area (Å²) in [5, 5.41) is 9.22. The number of carboxylic acids is 1. The second-order valence-corrected chi connectivity index (χ2v) is 5.10. The van der Waals surface area contributed by atoms with Gasteiger partial charge in [-0.25, -0.2) is 0 Å². The third kappa shape index (κ3) is 4.88. The van der Waals surface area contributed by atoms with Gasteiger partial charge in [-0.05, 0) is 26.2 Å². The first-order valence-electron chi connectivity index (χ1n) is 6.92. The van der Waals surface area contributed by atoms with Gasteiger partial charge in [0, 0.05) is 11.8 Å². The molecule has 98 valence electrons. The predicted molar refractivity (Wildman–Crippen MR) is 70.6 cm³/mol. The first kappa shape index (κ1) is 14.2. The van der Waals surface area contributed by atoms with Crippen molar-refractivity contribution in [3.63, 3.8) is 0 Å². The van der Waals surface area contributed by atoms with Crippen molar-refractivity contribution in [1.29, 1.82) is 0 Å². The molecule has 0 saturated heterocycles. The lowest BCUT2D eigenvalue weighted by molar-refractivity contribution is -0.139. The molecule has 0 radical (unpaired) electrons. The highest BCUT2D eigenvalue weighted by molar-refractivity contribution is 6.00. The summed E-state index contributed by atoms with van der Waals surface area (Å²) in [7, 11) is 0. The van der Waals surface area contributed by atoms with E-state index >= 15 is 0 Å². The number of unbranched alkanes of at least 4 members (excludes halogenated alkanes) is 1. The fourth-order valence-electron chi connectivity index (χ4n) is 2.51. The Morgan fingerprint density at radius 1 is 1.35 bits per heavy atom. The summed E-state index contributed by atoms with van der Waals surface area (Å²) in [5.74, 6) is -1.08. The average Bonchev–Trinajstić information content (AvgIpc) is 2.30. The molecule has 1 aliphatic carbocycles. The first-order chi connectivity index (χ1) is 8.15. The van der Waals surface area contributed by atoms with E-state index in [1.165, 1.54) is 19.3 Å². The van der Waals surface area contributed by atoms with E-state index in [0.29, 0.717) is 6.04 Å². The molecule has 1 N–H and O–H groups in total. The molecule has 3 heteroatoms. The lowest BCUT2D eigenvalue weighted by atomic mass is 9.94. The predicted octanol–water partition coefficient (Wildman–Crippen LogP) is 3.67. The molecule has 0 aromatic rings. The summed E-state index contributed by atoms with van der Waals surface area (Å²) < 4.78 is 0. The summed E-state index contributed by atoms with van der Waals surface area (Å²) >= 11 is 0. The fraction of sp³-hybridized carbons (Fsp3) is 0.857. The lowest BCUT2D eigenvalue weighted by Gasteiger charge is -2.20. The number of hydrogen-bond donors (Lipinski definition) is 1. The molecular formula is C14H25NO2. The maximum Gasteiger partial charge on any atom is 0.312 e. The largest absolute Gasteiger partial charge is 0.481 e. The van der Waals surface area contributed by atoms with Crippen molar-refractivity contribution in [2.24, 2.45) is 10.9 Å². The van der Waals surface area contributed by atoms with E-state index < -0.39 is 5.97 Å². The van der Waals surface area contributed by atoms with Crippen molar-refractivity contribution in [3.05, 3.63) is 0 Å². The lowest BCUT2D eigenvalue weighted by Crippen LogP contribution is -2.24. The van der Waals surface area contributed by atoms with Crippen molar-refractivity contribution in [2.45, 2.75) is 71.3 Å². The van der Waals surface area contributed by atoms with Gasteiger partial charge in [-0.1, -0.05) is 39.0 Å². The minimum Gasteiger partial charge on any atom is -0.481 e. The maximum atomic E-state index is 11.2. The highest BCUT2D eigenvalue weighted by Crippen LogP contribution is 2.22. The first-order valence-corrected chi connectivity index (χ1v) is 6.92. The molecule has 0 aromatic carbocycles. The Labute approximate surface area is 104 Å². The van der Waals surface area contributed by atoms with E-state index in [-0.39, 0.29) is 5.92 Å². The van der Waals surface area contributed by atoms with Gasteiger partial charge >= 0.3 is 5.97 Å². The molecule has 0 bridgehead atoms. The molecule has 0 spiro atoms. The monoisotopic (exact) mass is 239 g/mol. The van der Waals surface area contributed by atoms with Gasteiger partial charge in [0.1, 0.15) is 0 Å². The molecule has 3 nitrogen and oxygen atoms in total. The zero-order valence-electron chi connectivity index (χ0n) is 11.1. The van der Waals surface area contributed by atoms with Crippen LogP contribution in [0.4, 0.5) is 0 Å². The second kappa shape index (κ2) is 7.46. The van der Waals surface area contributed by atoms with Crippen molar-refractivity contribution in [2.75, 3.05) is 0 Å². The van der Waals surface area contributed by atoms with Crippen LogP contribution in [0, 0.1) is 5.92 Å². The maximum absolute atomic E-state index is 11.2. The van der Waals surface area contributed by atoms with Crippen LogP contribution in [-0.4, -0.2) is 22.8 Å². The van der Waals surface area contributed by atoms with Crippen LogP contribution >= 0.6 is 0 Å². The molecule has 0 aromatic heterocycles. The Kier molecular flexibility index (Phi) is 6.23. The molecule has 0 heterocycles. The van der Waals surface area contributed by atoms with Crippen molar-refractivity contribution < 1.29 is 9.90 Å². The van der Waals surface area contributed by atoms with E-state index in [4.69, 9.17) is 0 Å². The average molecular weight is 239 g/mol. The molecule has 1 saturated carbocycles. The van der Waals surface area contributed by atoms with E-state index in [1.54, 1.807) is 0 Å². The van der Waals surface area contributed by atoms with Crippen LogP contribution < -0.4 is 0 Å². The number of nitrogens with zero attached hydrogens (tertiary/aromatic N) is 1. The molecule has 1 atom stereocenters. The Balaban J connectivity index is 2.58. The molecule has 0 amide bonds. The molecule has 1 aliphatic rings. The number of hydrogen-bond acceptors (Lipinski definition) is 2. The van der Waals surface area contributed by atoms with Crippen LogP contribution in [0.2, 0.25) is 0 Å². The van der Waals surface area contributed by atoms with Gasteiger partial charge in [0.15, 0.2) is 0 Å². The van der Waals surface area contributed by atoms with Gasteiger partial charge in [-0.3, -0.25) is 9.79 Å². The standard InChI is InChI=1S/C14H25NO2/c1-3-4-10-13(14(16)17)11(2)15-12-8-6-5-7-9-12/h12-13H,3-10H2,1-2H3,(H,16,17). The molecule has 1 fully saturated rings. The number of aliphatic imine (C=N–C) groups is 1. The third-order valence-electron chi connectivity index (χ3n) is 3.61. The van der Waals surface area contributed by atoms with Crippen LogP contribution in [-0.2, 0) is 4.79 Å². The van der Waals surface area contributed by atoms with Crippen LogP contribution in [0.5, 0.6) is 0 Å². The molecular weight excluding hydrogens is 214 g/mol. The molecule has 1 rings (SSSR count). The van der Waals surface area contributed by atoms with E-state index in [0.717, 1.165) is 37.8 Å². The summed E-state index contributed by atoms with van der Waals surface area (Å²) in [6.45, 7) is 3.98. The van der Waals surface area contributed by atoms with Gasteiger partial charge in [0.25, 0.3) is 0 Å². The highest BCUT2D eigenvalue weighted by atomic mass is 16.4. The summed E-state index contributed by atoms with van der Waals surface area (Å²) in [5.41, 5.74) is 0.831. The zero-order valence-corrected chi connectivity index (χ0v) is 11.1. The van der Waals surface area contributed by atoms with Gasteiger partial charge in [0.05, 0.1) is 5.92 Å². The Hall–Kier alpha value is -0.860. The van der Waals surface area contributed by atoms with Crippen molar-refractivity contribution in [3.8, 4) is 0 Å². The SMILES string of the molecule is CCCCC(C(=O)O)C(C)=NC1CCCCC1. The molecule has 1 unspecified atom stereocenters. The Morgan fingerprint density at radius 2 is 2.00 bits per heavy atom. The topological polar surface area (TPSA) is 49.7 Å². The minimum absolute atomic E-state index is 0.364. The Morgan fingerprint density at radius 3 is 2.53 bits per heavy atom. The van der Waals surface area contributed by atoms with Crippen LogP contribution in [0.25, 0.3) is 0 Å². The van der Waals surface area contributed by atoms with E-state index in [1.807, 2.05) is 6.92 Å². The summed E-state index contributed by atoms with van der Waals surface area (Å²) in [6, 6.07) is 0.382. The summed E-state index contributed by atoms with van der Waals surface area (Å²) in [4.78, 5) is 15.9. The number of aliphatic carboxylic acids is 1. The van der Waals surface area contributed by atoms with Crippen LogP contribution in [0.3, 0.4) is 0 Å². The number of carboxylic acid groups (broad SMARTS) is 1. The number of rotatable bonds is 6. The zero-order chi connectivity index (χ0) is 12.7. The number of carbonyl (C=O) groups is 1. The third-order valence-corrected chi connectivity index (χ3v) is 3.61. The fourth-order valence-corrected chi connectivity index (χ4v) is 2.51. The second-order valence-electron chi connectivity index (χ2n) is 5.10. The quantitative estimate of drug-likeness (QED) is 0.719. The van der Waals surface area contributed by atoms with Gasteiger partial charge in [0.2, 0.25) is 0 Å². The summed E-state index contributed by atoms with van der Waals surface area (Å²) in [6.07, 6.45) is 8.81. The smallest absolute Gasteiger partial charge is 0.312 e. The van der Waals surface area contributed by atoms with Gasteiger partial charge < -0.3 is 5.11 Å². The normalized spacial score (nSPS) is 20.2. The van der Waals surface area contributed by atoms with Crippen LogP contribution in [0.1, 0.15) is 65.2 Å². The van der Waals surface area contributed by atoms with Crippen molar-refractivity contribution in [1.82, 2.24) is 0 Å². The van der Waals surface area contributed by atoms with Crippen LogP contribution in [0.15, 0.2) is 4.99 Å². The minimum atomic E-state index is -0.712. The van der Waals surface area contributed by atoms with E-state index in [9.17, 15) is 9.90 Å². The van der Waals surface area contributed by atoms with Crippen molar-refractivity contribution >= 4 is 11.7 Å². The van der Waals surface area contributed by atoms with Gasteiger partial charge in [-0.15, -0.1) is 0 Å². The molecule has 17 heavy (non-hydrogen) atoms. The Bertz CT molecular complexity index is 267.